The van der Waals surface area contributed by atoms with Crippen LogP contribution in [0.15, 0.2) is 12.3 Å². The lowest BCUT2D eigenvalue weighted by Gasteiger charge is -2.34. The van der Waals surface area contributed by atoms with E-state index in [1.54, 1.807) is 11.1 Å². The van der Waals surface area contributed by atoms with Crippen molar-refractivity contribution in [2.75, 3.05) is 20.2 Å². The van der Waals surface area contributed by atoms with Crippen molar-refractivity contribution in [2.24, 2.45) is 0 Å². The molecule has 0 atom stereocenters. The molecular weight excluding hydrogens is 308 g/mol. The third-order valence-electron chi connectivity index (χ3n) is 4.06. The number of carbonyl (C=O) groups excluding carboxylic acids is 2. The van der Waals surface area contributed by atoms with Crippen molar-refractivity contribution in [2.45, 2.75) is 52.1 Å². The third-order valence-corrected chi connectivity index (χ3v) is 4.06. The van der Waals surface area contributed by atoms with Crippen LogP contribution in [0, 0.1) is 6.92 Å². The maximum atomic E-state index is 12.2. The van der Waals surface area contributed by atoms with Gasteiger partial charge in [0.2, 0.25) is 0 Å². The van der Waals surface area contributed by atoms with Crippen molar-refractivity contribution in [1.29, 1.82) is 0 Å². The topological polar surface area (TPSA) is 68.7 Å². The van der Waals surface area contributed by atoms with Gasteiger partial charge in [0.1, 0.15) is 5.60 Å². The molecule has 2 rings (SSSR count). The number of esters is 1. The smallest absolute Gasteiger partial charge is 0.410 e. The summed E-state index contributed by atoms with van der Waals surface area (Å²) in [5, 5.41) is 0. The summed E-state index contributed by atoms with van der Waals surface area (Å²) in [6.07, 6.45) is 2.87. The molecule has 1 amide bonds. The first-order chi connectivity index (χ1) is 11.2. The monoisotopic (exact) mass is 334 g/mol. The van der Waals surface area contributed by atoms with Crippen molar-refractivity contribution in [1.82, 2.24) is 9.88 Å². The van der Waals surface area contributed by atoms with Gasteiger partial charge in [0.15, 0.2) is 0 Å². The predicted octanol–water partition coefficient (Wildman–Crippen LogP) is 3.29. The molecule has 2 heterocycles. The van der Waals surface area contributed by atoms with Gasteiger partial charge in [-0.3, -0.25) is 4.98 Å². The molecule has 132 valence electrons. The summed E-state index contributed by atoms with van der Waals surface area (Å²) in [6, 6.07) is 1.94. The Bertz CT molecular complexity index is 614. The molecule has 1 aromatic rings. The first-order valence-corrected chi connectivity index (χ1v) is 8.24. The van der Waals surface area contributed by atoms with Gasteiger partial charge in [0.25, 0.3) is 0 Å². The molecule has 6 nitrogen and oxygen atoms in total. The SMILES string of the molecule is COC(=O)c1cnc(C)cc1C1CCN(C(=O)OC(C)(C)C)CC1. The lowest BCUT2D eigenvalue weighted by Crippen LogP contribution is -2.41. The Morgan fingerprint density at radius 3 is 2.42 bits per heavy atom. The van der Waals surface area contributed by atoms with E-state index in [4.69, 9.17) is 9.47 Å². The molecule has 6 heteroatoms. The molecule has 0 bridgehead atoms. The number of likely N-dealkylation sites (tertiary alicyclic amines) is 1. The Hall–Kier alpha value is -2.11. The van der Waals surface area contributed by atoms with E-state index in [-0.39, 0.29) is 18.0 Å². The number of hydrogen-bond donors (Lipinski definition) is 0. The highest BCUT2D eigenvalue weighted by molar-refractivity contribution is 5.91. The molecule has 1 fully saturated rings. The summed E-state index contributed by atoms with van der Waals surface area (Å²) in [4.78, 5) is 30.1. The fourth-order valence-electron chi connectivity index (χ4n) is 2.90. The average molecular weight is 334 g/mol. The van der Waals surface area contributed by atoms with Crippen molar-refractivity contribution in [3.05, 3.63) is 29.1 Å². The van der Waals surface area contributed by atoms with Crippen LogP contribution in [0.5, 0.6) is 0 Å². The Balaban J connectivity index is 2.08. The minimum Gasteiger partial charge on any atom is -0.465 e. The normalized spacial score (nSPS) is 16.0. The molecule has 0 N–H and O–H groups in total. The number of aryl methyl sites for hydroxylation is 1. The van der Waals surface area contributed by atoms with Crippen molar-refractivity contribution >= 4 is 12.1 Å². The highest BCUT2D eigenvalue weighted by Crippen LogP contribution is 2.31. The Morgan fingerprint density at radius 2 is 1.88 bits per heavy atom. The highest BCUT2D eigenvalue weighted by atomic mass is 16.6. The molecule has 1 aliphatic heterocycles. The van der Waals surface area contributed by atoms with Gasteiger partial charge in [-0.05, 0) is 58.1 Å². The fraction of sp³-hybridized carbons (Fsp3) is 0.611. The minimum atomic E-state index is -0.492. The van der Waals surface area contributed by atoms with Gasteiger partial charge >= 0.3 is 12.1 Å². The first-order valence-electron chi connectivity index (χ1n) is 8.24. The van der Waals surface area contributed by atoms with Gasteiger partial charge in [-0.25, -0.2) is 9.59 Å². The van der Waals surface area contributed by atoms with Crippen LogP contribution in [-0.2, 0) is 9.47 Å². The number of methoxy groups -OCH3 is 1. The van der Waals surface area contributed by atoms with Crippen molar-refractivity contribution in [3.8, 4) is 0 Å². The van der Waals surface area contributed by atoms with Crippen LogP contribution in [0.25, 0.3) is 0 Å². The second kappa shape index (κ2) is 7.20. The zero-order valence-electron chi connectivity index (χ0n) is 15.1. The van der Waals surface area contributed by atoms with Crippen molar-refractivity contribution < 1.29 is 19.1 Å². The van der Waals surface area contributed by atoms with Crippen LogP contribution < -0.4 is 0 Å². The minimum absolute atomic E-state index is 0.208. The number of nitrogens with zero attached hydrogens (tertiary/aromatic N) is 2. The summed E-state index contributed by atoms with van der Waals surface area (Å²) in [5.74, 6) is -0.161. The van der Waals surface area contributed by atoms with E-state index < -0.39 is 5.60 Å². The molecule has 0 aliphatic carbocycles. The van der Waals surface area contributed by atoms with Crippen LogP contribution in [0.3, 0.4) is 0 Å². The molecule has 0 aromatic carbocycles. The van der Waals surface area contributed by atoms with Gasteiger partial charge in [0, 0.05) is 25.0 Å². The fourth-order valence-corrected chi connectivity index (χ4v) is 2.90. The van der Waals surface area contributed by atoms with Crippen LogP contribution in [0.4, 0.5) is 4.79 Å². The van der Waals surface area contributed by atoms with E-state index in [2.05, 4.69) is 4.98 Å². The maximum absolute atomic E-state index is 12.2. The third kappa shape index (κ3) is 4.46. The van der Waals surface area contributed by atoms with Crippen LogP contribution in [-0.4, -0.2) is 47.7 Å². The second-order valence-corrected chi connectivity index (χ2v) is 7.15. The molecule has 0 radical (unpaired) electrons. The zero-order chi connectivity index (χ0) is 17.9. The van der Waals surface area contributed by atoms with E-state index in [0.717, 1.165) is 24.1 Å². The number of carbonyl (C=O) groups is 2. The largest absolute Gasteiger partial charge is 0.465 e. The van der Waals surface area contributed by atoms with E-state index in [1.807, 2.05) is 33.8 Å². The molecule has 0 unspecified atom stereocenters. The van der Waals surface area contributed by atoms with Gasteiger partial charge in [-0.15, -0.1) is 0 Å². The van der Waals surface area contributed by atoms with E-state index in [9.17, 15) is 9.59 Å². The van der Waals surface area contributed by atoms with Crippen LogP contribution in [0.1, 0.15) is 61.1 Å². The summed E-state index contributed by atoms with van der Waals surface area (Å²) in [6.45, 7) is 8.71. The van der Waals surface area contributed by atoms with E-state index >= 15 is 0 Å². The number of amides is 1. The van der Waals surface area contributed by atoms with Crippen LogP contribution >= 0.6 is 0 Å². The number of rotatable bonds is 2. The molecule has 0 saturated carbocycles. The lowest BCUT2D eigenvalue weighted by atomic mass is 9.87. The lowest BCUT2D eigenvalue weighted by molar-refractivity contribution is 0.0203. The van der Waals surface area contributed by atoms with Crippen molar-refractivity contribution in [3.63, 3.8) is 0 Å². The summed E-state index contributed by atoms with van der Waals surface area (Å²) in [7, 11) is 1.37. The Morgan fingerprint density at radius 1 is 1.25 bits per heavy atom. The highest BCUT2D eigenvalue weighted by Gasteiger charge is 2.29. The number of ether oxygens (including phenoxy) is 2. The summed E-state index contributed by atoms with van der Waals surface area (Å²) in [5.41, 5.74) is 1.85. The summed E-state index contributed by atoms with van der Waals surface area (Å²) >= 11 is 0. The molecular formula is C18H26N2O4. The molecule has 24 heavy (non-hydrogen) atoms. The first kappa shape index (κ1) is 18.2. The molecule has 1 saturated heterocycles. The Labute approximate surface area is 143 Å². The molecule has 1 aromatic heterocycles. The molecule has 0 spiro atoms. The van der Waals surface area contributed by atoms with E-state index in [1.165, 1.54) is 7.11 Å². The van der Waals surface area contributed by atoms with E-state index in [0.29, 0.717) is 18.7 Å². The number of aromatic nitrogens is 1. The standard InChI is InChI=1S/C18H26N2O4/c1-12-10-14(15(11-19-12)16(21)23-5)13-6-8-20(9-7-13)17(22)24-18(2,3)4/h10-11,13H,6-9H2,1-5H3. The quantitative estimate of drug-likeness (QED) is 0.776. The number of pyridine rings is 1. The van der Waals surface area contributed by atoms with Gasteiger partial charge in [-0.1, -0.05) is 0 Å². The van der Waals surface area contributed by atoms with Crippen LogP contribution in [0.2, 0.25) is 0 Å². The molecule has 1 aliphatic rings. The number of hydrogen-bond acceptors (Lipinski definition) is 5. The summed E-state index contributed by atoms with van der Waals surface area (Å²) < 4.78 is 10.3. The maximum Gasteiger partial charge on any atom is 0.410 e. The van der Waals surface area contributed by atoms with Gasteiger partial charge in [0.05, 0.1) is 12.7 Å². The Kier molecular flexibility index (Phi) is 5.47. The number of piperidine rings is 1. The zero-order valence-corrected chi connectivity index (χ0v) is 15.1. The average Bonchev–Trinajstić information content (AvgIpc) is 2.52. The second-order valence-electron chi connectivity index (χ2n) is 7.15. The predicted molar refractivity (Wildman–Crippen MR) is 90.1 cm³/mol. The van der Waals surface area contributed by atoms with Gasteiger partial charge < -0.3 is 14.4 Å². The van der Waals surface area contributed by atoms with Gasteiger partial charge in [-0.2, -0.15) is 0 Å².